The van der Waals surface area contributed by atoms with Crippen LogP contribution in [0.2, 0.25) is 0 Å². The molecule has 12 heteroatoms. The molecule has 1 saturated carbocycles. The summed E-state index contributed by atoms with van der Waals surface area (Å²) >= 11 is 1.75. The first-order chi connectivity index (χ1) is 14.2. The van der Waals surface area contributed by atoms with Crippen molar-refractivity contribution in [2.75, 3.05) is 24.3 Å². The molecule has 1 aliphatic carbocycles. The molecule has 3 N–H and O–H groups in total. The molecule has 0 amide bonds. The van der Waals surface area contributed by atoms with Crippen LogP contribution in [0.25, 0.3) is 0 Å². The molecule has 0 radical (unpaired) electrons. The Hall–Kier alpha value is -2.08. The Kier molecular flexibility index (Phi) is 5.80. The van der Waals surface area contributed by atoms with Crippen molar-refractivity contribution in [1.82, 2.24) is 25.1 Å². The topological polar surface area (TPSA) is 101 Å². The van der Waals surface area contributed by atoms with Crippen LogP contribution in [-0.4, -0.2) is 44.9 Å². The normalized spacial score (nSPS) is 24.3. The molecule has 3 heterocycles. The van der Waals surface area contributed by atoms with E-state index in [2.05, 4.69) is 42.7 Å². The molecule has 164 valence electrons. The Labute approximate surface area is 176 Å². The van der Waals surface area contributed by atoms with Crippen LogP contribution in [0.1, 0.15) is 60.9 Å². The first-order valence-electron chi connectivity index (χ1n) is 9.79. The van der Waals surface area contributed by atoms with Gasteiger partial charge in [0.1, 0.15) is 11.6 Å². The van der Waals surface area contributed by atoms with Crippen LogP contribution >= 0.6 is 11.8 Å². The minimum Gasteiger partial charge on any atom is -0.381 e. The van der Waals surface area contributed by atoms with E-state index in [1.165, 1.54) is 0 Å². The second kappa shape index (κ2) is 8.22. The number of aromatic nitrogens is 5. The number of thioether (sulfide) groups is 1. The van der Waals surface area contributed by atoms with Crippen molar-refractivity contribution in [2.45, 2.75) is 56.0 Å². The van der Waals surface area contributed by atoms with E-state index in [1.54, 1.807) is 25.8 Å². The van der Waals surface area contributed by atoms with Crippen LogP contribution in [0.15, 0.2) is 0 Å². The fourth-order valence-electron chi connectivity index (χ4n) is 3.60. The maximum absolute atomic E-state index is 12.8. The van der Waals surface area contributed by atoms with E-state index >= 15 is 0 Å². The van der Waals surface area contributed by atoms with Gasteiger partial charge in [0.25, 0.3) is 5.82 Å². The van der Waals surface area contributed by atoms with Gasteiger partial charge in [-0.05, 0) is 32.6 Å². The van der Waals surface area contributed by atoms with E-state index in [0.29, 0.717) is 23.8 Å². The summed E-state index contributed by atoms with van der Waals surface area (Å²) in [6, 6.07) is -0.532. The summed E-state index contributed by atoms with van der Waals surface area (Å²) in [5.74, 6) is 1.31. The highest BCUT2D eigenvalue weighted by atomic mass is 32.2. The monoisotopic (exact) mass is 443 g/mol. The Balaban J connectivity index is 1.49. The third-order valence-corrected chi connectivity index (χ3v) is 6.67. The summed E-state index contributed by atoms with van der Waals surface area (Å²) in [7, 11) is 1.72. The number of alkyl halides is 3. The summed E-state index contributed by atoms with van der Waals surface area (Å²) in [6.45, 7) is 4.56. The fourth-order valence-corrected chi connectivity index (χ4v) is 4.66. The Morgan fingerprint density at radius 1 is 1.27 bits per heavy atom. The third kappa shape index (κ3) is 4.34. The number of hydrogen-bond donors (Lipinski definition) is 3. The van der Waals surface area contributed by atoms with Gasteiger partial charge in [-0.2, -0.15) is 18.2 Å². The number of rotatable bonds is 7. The van der Waals surface area contributed by atoms with E-state index < -0.39 is 18.0 Å². The lowest BCUT2D eigenvalue weighted by molar-refractivity contribution is -0.144. The predicted octanol–water partition coefficient (Wildman–Crippen LogP) is 3.93. The van der Waals surface area contributed by atoms with Gasteiger partial charge in [0, 0.05) is 30.2 Å². The average Bonchev–Trinajstić information content (AvgIpc) is 3.28. The molecule has 1 aliphatic heterocycles. The van der Waals surface area contributed by atoms with E-state index in [9.17, 15) is 13.2 Å². The van der Waals surface area contributed by atoms with Gasteiger partial charge in [0.15, 0.2) is 0 Å². The first-order valence-corrected chi connectivity index (χ1v) is 10.8. The van der Waals surface area contributed by atoms with E-state index in [1.807, 2.05) is 0 Å². The lowest BCUT2D eigenvalue weighted by atomic mass is 9.82. The fraction of sp³-hybridized carbons (Fsp3) is 0.667. The van der Waals surface area contributed by atoms with Gasteiger partial charge in [0.2, 0.25) is 5.95 Å². The van der Waals surface area contributed by atoms with Crippen molar-refractivity contribution in [2.24, 2.45) is 5.92 Å². The zero-order chi connectivity index (χ0) is 21.5. The second-order valence-corrected chi connectivity index (χ2v) is 9.03. The number of fused-ring (bicyclic) bond motifs is 1. The molecular formula is C18H24F3N7OS. The highest BCUT2D eigenvalue weighted by Gasteiger charge is 2.37. The van der Waals surface area contributed by atoms with Gasteiger partial charge in [-0.15, -0.1) is 16.9 Å². The molecular weight excluding hydrogens is 419 g/mol. The van der Waals surface area contributed by atoms with Crippen molar-refractivity contribution in [3.8, 4) is 0 Å². The van der Waals surface area contributed by atoms with Crippen LogP contribution in [-0.2, 0) is 16.7 Å². The maximum atomic E-state index is 12.8. The lowest BCUT2D eigenvalue weighted by Gasteiger charge is -2.34. The Bertz CT molecular complexity index is 900. The molecule has 30 heavy (non-hydrogen) atoms. The summed E-state index contributed by atoms with van der Waals surface area (Å²) < 4.78 is 43.7. The number of H-pyrrole nitrogens is 1. The molecule has 2 aliphatic rings. The van der Waals surface area contributed by atoms with Gasteiger partial charge in [-0.3, -0.25) is 5.10 Å². The number of methoxy groups -OCH3 is 1. The SMILES string of the molecule is COC1CC(CNc2nc(NC(C)c3nc(C(F)(F)F)n[nH]3)c3c(n2)C(C)SC3)C1. The zero-order valence-electron chi connectivity index (χ0n) is 16.9. The van der Waals surface area contributed by atoms with Gasteiger partial charge >= 0.3 is 6.18 Å². The smallest absolute Gasteiger partial charge is 0.381 e. The molecule has 2 unspecified atom stereocenters. The standard InChI is InChI=1S/C18H24F3N7OS/c1-8(14-25-16(28-27-14)18(19,20)21)23-15-12-7-30-9(2)13(12)24-17(26-15)22-6-10-4-11(5-10)29-3/h8-11H,4-7H2,1-3H3,(H,25,27,28)(H2,22,23,24,26). The quantitative estimate of drug-likeness (QED) is 0.592. The molecule has 2 aromatic heterocycles. The van der Waals surface area contributed by atoms with Crippen molar-refractivity contribution in [3.63, 3.8) is 0 Å². The van der Waals surface area contributed by atoms with Crippen LogP contribution in [0.3, 0.4) is 0 Å². The van der Waals surface area contributed by atoms with Crippen LogP contribution < -0.4 is 10.6 Å². The van der Waals surface area contributed by atoms with Crippen LogP contribution in [0.4, 0.5) is 24.9 Å². The summed E-state index contributed by atoms with van der Waals surface area (Å²) in [5, 5.41) is 12.4. The van der Waals surface area contributed by atoms with E-state index in [-0.39, 0.29) is 11.1 Å². The van der Waals surface area contributed by atoms with Crippen molar-refractivity contribution in [3.05, 3.63) is 22.9 Å². The molecule has 0 bridgehead atoms. The van der Waals surface area contributed by atoms with E-state index in [0.717, 1.165) is 36.4 Å². The Morgan fingerprint density at radius 2 is 2.03 bits per heavy atom. The molecule has 4 rings (SSSR count). The molecule has 0 aromatic carbocycles. The van der Waals surface area contributed by atoms with E-state index in [4.69, 9.17) is 4.74 Å². The van der Waals surface area contributed by atoms with Gasteiger partial charge in [-0.1, -0.05) is 0 Å². The second-order valence-electron chi connectivity index (χ2n) is 7.70. The van der Waals surface area contributed by atoms with Gasteiger partial charge in [-0.25, -0.2) is 9.97 Å². The van der Waals surface area contributed by atoms with Crippen molar-refractivity contribution >= 4 is 23.5 Å². The molecule has 2 aromatic rings. The maximum Gasteiger partial charge on any atom is 0.453 e. The van der Waals surface area contributed by atoms with Crippen molar-refractivity contribution in [1.29, 1.82) is 0 Å². The molecule has 2 atom stereocenters. The van der Waals surface area contributed by atoms with Crippen molar-refractivity contribution < 1.29 is 17.9 Å². The van der Waals surface area contributed by atoms with Crippen LogP contribution in [0, 0.1) is 5.92 Å². The van der Waals surface area contributed by atoms with Crippen LogP contribution in [0.5, 0.6) is 0 Å². The largest absolute Gasteiger partial charge is 0.453 e. The number of hydrogen-bond acceptors (Lipinski definition) is 8. The number of ether oxygens (including phenoxy) is 1. The number of aromatic amines is 1. The lowest BCUT2D eigenvalue weighted by Crippen LogP contribution is -2.35. The summed E-state index contributed by atoms with van der Waals surface area (Å²) in [5.41, 5.74) is 1.92. The highest BCUT2D eigenvalue weighted by molar-refractivity contribution is 7.99. The predicted molar refractivity (Wildman–Crippen MR) is 107 cm³/mol. The molecule has 1 fully saturated rings. The molecule has 0 saturated heterocycles. The van der Waals surface area contributed by atoms with Gasteiger partial charge in [0.05, 0.1) is 17.8 Å². The summed E-state index contributed by atoms with van der Waals surface area (Å²) in [6.07, 6.45) is -2.24. The first kappa shape index (κ1) is 21.2. The number of nitrogens with one attached hydrogen (secondary N) is 3. The Morgan fingerprint density at radius 3 is 2.70 bits per heavy atom. The number of nitrogens with zero attached hydrogens (tertiary/aromatic N) is 4. The molecule has 0 spiro atoms. The molecule has 8 nitrogen and oxygen atoms in total. The van der Waals surface area contributed by atoms with Gasteiger partial charge < -0.3 is 15.4 Å². The minimum absolute atomic E-state index is 0.1000. The summed E-state index contributed by atoms with van der Waals surface area (Å²) in [4.78, 5) is 12.9. The third-order valence-electron chi connectivity index (χ3n) is 5.50. The number of anilines is 2. The average molecular weight is 443 g/mol. The minimum atomic E-state index is -4.59. The highest BCUT2D eigenvalue weighted by Crippen LogP contribution is 2.43. The zero-order valence-corrected chi connectivity index (χ0v) is 17.7. The number of halogens is 3.